The summed E-state index contributed by atoms with van der Waals surface area (Å²) in [6.07, 6.45) is 5.62. The zero-order chi connectivity index (χ0) is 7.40. The molecule has 0 spiro atoms. The average molecular weight is 152 g/mol. The first-order chi connectivity index (χ1) is 4.88. The largest absolute Gasteiger partial charge is 0.138 e. The van der Waals surface area contributed by atoms with Crippen molar-refractivity contribution in [1.82, 2.24) is 9.59 Å². The summed E-state index contributed by atoms with van der Waals surface area (Å²) in [6.45, 7) is 5.59. The Morgan fingerprint density at radius 1 is 1.60 bits per heavy atom. The molecule has 1 aromatic rings. The first kappa shape index (κ1) is 7.15. The number of nitrogens with zero attached hydrogens (tertiary/aromatic N) is 2. The van der Waals surface area contributed by atoms with Crippen LogP contribution in [0.4, 0.5) is 0 Å². The van der Waals surface area contributed by atoms with Gasteiger partial charge in [0.05, 0.1) is 4.88 Å². The molecule has 10 heavy (non-hydrogen) atoms. The highest BCUT2D eigenvalue weighted by atomic mass is 32.1. The van der Waals surface area contributed by atoms with Crippen LogP contribution in [0, 0.1) is 0 Å². The topological polar surface area (TPSA) is 25.8 Å². The van der Waals surface area contributed by atoms with Gasteiger partial charge >= 0.3 is 0 Å². The molecule has 0 aliphatic heterocycles. The second-order valence-corrected chi connectivity index (χ2v) is 2.51. The molecule has 0 unspecified atom stereocenters. The summed E-state index contributed by atoms with van der Waals surface area (Å²) in [7, 11) is 0. The van der Waals surface area contributed by atoms with E-state index < -0.39 is 0 Å². The Morgan fingerprint density at radius 2 is 2.40 bits per heavy atom. The van der Waals surface area contributed by atoms with Crippen LogP contribution in [0.1, 0.15) is 17.5 Å². The Labute approximate surface area is 64.1 Å². The van der Waals surface area contributed by atoms with Gasteiger partial charge in [-0.2, -0.15) is 0 Å². The van der Waals surface area contributed by atoms with Crippen molar-refractivity contribution in [1.29, 1.82) is 0 Å². The zero-order valence-corrected chi connectivity index (χ0v) is 6.56. The van der Waals surface area contributed by atoms with E-state index in [1.165, 1.54) is 11.5 Å². The van der Waals surface area contributed by atoms with E-state index >= 15 is 0 Å². The van der Waals surface area contributed by atoms with Crippen molar-refractivity contribution in [2.45, 2.75) is 6.92 Å². The van der Waals surface area contributed by atoms with Crippen LogP contribution in [0.5, 0.6) is 0 Å². The first-order valence-corrected chi connectivity index (χ1v) is 3.73. The molecule has 3 heteroatoms. The van der Waals surface area contributed by atoms with Gasteiger partial charge in [0.25, 0.3) is 0 Å². The van der Waals surface area contributed by atoms with Crippen LogP contribution in [0.3, 0.4) is 0 Å². The normalized spacial score (nSPS) is 10.5. The van der Waals surface area contributed by atoms with Crippen molar-refractivity contribution in [2.24, 2.45) is 0 Å². The van der Waals surface area contributed by atoms with E-state index in [2.05, 4.69) is 16.2 Å². The average Bonchev–Trinajstić information content (AvgIpc) is 2.36. The monoisotopic (exact) mass is 152 g/mol. The highest BCUT2D eigenvalue weighted by Gasteiger charge is 1.97. The summed E-state index contributed by atoms with van der Waals surface area (Å²) < 4.78 is 3.78. The molecule has 0 aromatic carbocycles. The van der Waals surface area contributed by atoms with Gasteiger partial charge in [0, 0.05) is 0 Å². The molecule has 0 amide bonds. The minimum absolute atomic E-state index is 0.905. The molecule has 2 nitrogen and oxygen atoms in total. The predicted molar refractivity (Wildman–Crippen MR) is 44.7 cm³/mol. The lowest BCUT2D eigenvalue weighted by Gasteiger charge is -1.82. The van der Waals surface area contributed by atoms with Crippen LogP contribution in [0.2, 0.25) is 0 Å². The fraction of sp³-hybridized carbons (Fsp3) is 0.143. The highest BCUT2D eigenvalue weighted by molar-refractivity contribution is 7.06. The van der Waals surface area contributed by atoms with Gasteiger partial charge in [-0.05, 0) is 30.6 Å². The summed E-state index contributed by atoms with van der Waals surface area (Å²) in [5.74, 6) is 0. The van der Waals surface area contributed by atoms with Gasteiger partial charge in [0.2, 0.25) is 0 Å². The van der Waals surface area contributed by atoms with E-state index in [9.17, 15) is 0 Å². The Morgan fingerprint density at radius 3 is 3.00 bits per heavy atom. The first-order valence-electron chi connectivity index (χ1n) is 2.96. The third-order valence-corrected chi connectivity index (χ3v) is 1.79. The molecule has 0 aliphatic rings. The Balaban J connectivity index is 3.00. The molecule has 1 aromatic heterocycles. The summed E-state index contributed by atoms with van der Waals surface area (Å²) >= 11 is 1.36. The third-order valence-electron chi connectivity index (χ3n) is 1.05. The molecule has 0 N–H and O–H groups in total. The van der Waals surface area contributed by atoms with Gasteiger partial charge in [-0.15, -0.1) is 5.10 Å². The van der Waals surface area contributed by atoms with Crippen LogP contribution in [0.15, 0.2) is 12.7 Å². The molecule has 1 rings (SSSR count). The van der Waals surface area contributed by atoms with Gasteiger partial charge in [-0.25, -0.2) is 0 Å². The molecule has 0 fully saturated rings. The van der Waals surface area contributed by atoms with Gasteiger partial charge < -0.3 is 0 Å². The molecular formula is C7H8N2S. The second kappa shape index (κ2) is 3.27. The van der Waals surface area contributed by atoms with Crippen LogP contribution < -0.4 is 0 Å². The van der Waals surface area contributed by atoms with E-state index in [-0.39, 0.29) is 0 Å². The Bertz CT molecular complexity index is 250. The van der Waals surface area contributed by atoms with E-state index in [0.29, 0.717) is 0 Å². The lowest BCUT2D eigenvalue weighted by molar-refractivity contribution is 1.14. The minimum Gasteiger partial charge on any atom is -0.138 e. The fourth-order valence-corrected chi connectivity index (χ4v) is 1.11. The van der Waals surface area contributed by atoms with Crippen molar-refractivity contribution < 1.29 is 0 Å². The molecule has 0 saturated heterocycles. The summed E-state index contributed by atoms with van der Waals surface area (Å²) in [5.41, 5.74) is 0.905. The Hall–Kier alpha value is -0.960. The van der Waals surface area contributed by atoms with E-state index in [0.717, 1.165) is 10.6 Å². The highest BCUT2D eigenvalue weighted by Crippen LogP contribution is 2.12. The standard InChI is InChI=1S/C7H8N2S/c1-3-5-6-7(4-2)10-9-8-6/h3-5H,2H2,1H3/b5-3-. The van der Waals surface area contributed by atoms with E-state index in [1.54, 1.807) is 6.08 Å². The number of allylic oxidation sites excluding steroid dienone is 1. The maximum atomic E-state index is 3.89. The van der Waals surface area contributed by atoms with Gasteiger partial charge in [0.15, 0.2) is 0 Å². The van der Waals surface area contributed by atoms with Gasteiger partial charge in [-0.3, -0.25) is 0 Å². The van der Waals surface area contributed by atoms with E-state index in [4.69, 9.17) is 0 Å². The molecular weight excluding hydrogens is 144 g/mol. The fourth-order valence-electron chi connectivity index (χ4n) is 0.620. The van der Waals surface area contributed by atoms with Crippen molar-refractivity contribution in [3.05, 3.63) is 23.2 Å². The second-order valence-electron chi connectivity index (χ2n) is 1.73. The predicted octanol–water partition coefficient (Wildman–Crippen LogP) is 2.21. The number of aromatic nitrogens is 2. The third kappa shape index (κ3) is 1.30. The van der Waals surface area contributed by atoms with Crippen LogP contribution in [-0.2, 0) is 0 Å². The summed E-state index contributed by atoms with van der Waals surface area (Å²) in [5, 5.41) is 3.89. The minimum atomic E-state index is 0.905. The van der Waals surface area contributed by atoms with Gasteiger partial charge in [0.1, 0.15) is 5.69 Å². The lowest BCUT2D eigenvalue weighted by Crippen LogP contribution is -1.73. The van der Waals surface area contributed by atoms with Crippen LogP contribution >= 0.6 is 11.5 Å². The SMILES string of the molecule is C=Cc1snnc1/C=C\C. The lowest BCUT2D eigenvalue weighted by atomic mass is 10.3. The number of hydrogen-bond acceptors (Lipinski definition) is 3. The molecule has 52 valence electrons. The zero-order valence-electron chi connectivity index (χ0n) is 5.74. The maximum absolute atomic E-state index is 3.89. The van der Waals surface area contributed by atoms with Crippen LogP contribution in [0.25, 0.3) is 12.2 Å². The molecule has 0 saturated carbocycles. The smallest absolute Gasteiger partial charge is 0.105 e. The number of hydrogen-bond donors (Lipinski definition) is 0. The molecule has 0 aliphatic carbocycles. The Kier molecular flexibility index (Phi) is 2.34. The maximum Gasteiger partial charge on any atom is 0.105 e. The van der Waals surface area contributed by atoms with Crippen molar-refractivity contribution in [3.63, 3.8) is 0 Å². The van der Waals surface area contributed by atoms with Crippen LogP contribution in [-0.4, -0.2) is 9.59 Å². The molecule has 0 bridgehead atoms. The number of rotatable bonds is 2. The summed E-state index contributed by atoms with van der Waals surface area (Å²) in [6, 6.07) is 0. The van der Waals surface area contributed by atoms with E-state index in [1.807, 2.05) is 19.1 Å². The molecule has 1 heterocycles. The quantitative estimate of drug-likeness (QED) is 0.649. The van der Waals surface area contributed by atoms with Crippen molar-refractivity contribution >= 4 is 23.7 Å². The van der Waals surface area contributed by atoms with Crippen molar-refractivity contribution in [3.8, 4) is 0 Å². The molecule has 0 atom stereocenters. The molecule has 0 radical (unpaired) electrons. The van der Waals surface area contributed by atoms with Gasteiger partial charge in [-0.1, -0.05) is 17.1 Å². The van der Waals surface area contributed by atoms with Crippen molar-refractivity contribution in [2.75, 3.05) is 0 Å². The summed E-state index contributed by atoms with van der Waals surface area (Å²) in [4.78, 5) is 1.03.